The second-order valence-corrected chi connectivity index (χ2v) is 4.30. The van der Waals surface area contributed by atoms with Crippen LogP contribution in [0.5, 0.6) is 11.5 Å². The van der Waals surface area contributed by atoms with Gasteiger partial charge in [-0.05, 0) is 25.5 Å². The number of aromatic hydroxyl groups is 1. The molecule has 19 heavy (non-hydrogen) atoms. The molecule has 1 atom stereocenters. The van der Waals surface area contributed by atoms with E-state index in [0.29, 0.717) is 0 Å². The molecule has 1 amide bonds. The molecule has 0 fully saturated rings. The number of methoxy groups -OCH3 is 1. The summed E-state index contributed by atoms with van der Waals surface area (Å²) in [6.07, 6.45) is 0.221. The Morgan fingerprint density at radius 3 is 2.53 bits per heavy atom. The van der Waals surface area contributed by atoms with E-state index in [1.165, 1.54) is 32.2 Å². The zero-order valence-electron chi connectivity index (χ0n) is 11.1. The van der Waals surface area contributed by atoms with Gasteiger partial charge in [-0.2, -0.15) is 0 Å². The molecule has 0 saturated carbocycles. The van der Waals surface area contributed by atoms with Crippen molar-refractivity contribution < 1.29 is 24.5 Å². The Labute approximate surface area is 111 Å². The monoisotopic (exact) mass is 267 g/mol. The number of carboxylic acid groups (broad SMARTS) is 1. The predicted octanol–water partition coefficient (Wildman–Crippen LogP) is 1.38. The first-order chi connectivity index (χ1) is 8.85. The maximum Gasteiger partial charge on any atom is 0.329 e. The second kappa shape index (κ2) is 5.60. The fourth-order valence-electron chi connectivity index (χ4n) is 1.48. The van der Waals surface area contributed by atoms with Gasteiger partial charge in [-0.25, -0.2) is 4.79 Å². The number of rotatable bonds is 5. The summed E-state index contributed by atoms with van der Waals surface area (Å²) < 4.78 is 4.89. The summed E-state index contributed by atoms with van der Waals surface area (Å²) >= 11 is 0. The Bertz CT molecular complexity index is 500. The van der Waals surface area contributed by atoms with E-state index in [-0.39, 0.29) is 23.5 Å². The Hall–Kier alpha value is -2.24. The molecule has 1 aromatic rings. The number of benzene rings is 1. The first-order valence-corrected chi connectivity index (χ1v) is 5.77. The largest absolute Gasteiger partial charge is 0.504 e. The van der Waals surface area contributed by atoms with Gasteiger partial charge in [0.1, 0.15) is 5.54 Å². The minimum absolute atomic E-state index is 0.0275. The molecule has 0 aliphatic heterocycles. The van der Waals surface area contributed by atoms with E-state index in [1.54, 1.807) is 6.92 Å². The third-order valence-electron chi connectivity index (χ3n) is 3.03. The molecule has 1 unspecified atom stereocenters. The summed E-state index contributed by atoms with van der Waals surface area (Å²) in [7, 11) is 1.37. The molecule has 0 saturated heterocycles. The number of para-hydroxylation sites is 1. The van der Waals surface area contributed by atoms with Gasteiger partial charge in [-0.3, -0.25) is 4.79 Å². The average molecular weight is 267 g/mol. The van der Waals surface area contributed by atoms with Crippen molar-refractivity contribution in [1.82, 2.24) is 5.32 Å². The van der Waals surface area contributed by atoms with E-state index >= 15 is 0 Å². The van der Waals surface area contributed by atoms with Gasteiger partial charge < -0.3 is 20.3 Å². The molecule has 1 rings (SSSR count). The first-order valence-electron chi connectivity index (χ1n) is 5.77. The van der Waals surface area contributed by atoms with Crippen molar-refractivity contribution in [3.63, 3.8) is 0 Å². The molecule has 0 aromatic heterocycles. The van der Waals surface area contributed by atoms with E-state index in [1.807, 2.05) is 0 Å². The molecular weight excluding hydrogens is 250 g/mol. The van der Waals surface area contributed by atoms with E-state index in [9.17, 15) is 14.7 Å². The van der Waals surface area contributed by atoms with Crippen molar-refractivity contribution >= 4 is 11.9 Å². The second-order valence-electron chi connectivity index (χ2n) is 4.30. The Morgan fingerprint density at radius 1 is 1.42 bits per heavy atom. The zero-order chi connectivity index (χ0) is 14.6. The van der Waals surface area contributed by atoms with Crippen molar-refractivity contribution in [2.45, 2.75) is 25.8 Å². The number of ether oxygens (including phenoxy) is 1. The normalized spacial score (nSPS) is 13.4. The lowest BCUT2D eigenvalue weighted by atomic mass is 9.98. The molecule has 0 aliphatic rings. The topological polar surface area (TPSA) is 95.9 Å². The maximum absolute atomic E-state index is 12.0. The van der Waals surface area contributed by atoms with Crippen LogP contribution in [0.3, 0.4) is 0 Å². The number of carbonyl (C=O) groups is 2. The number of carbonyl (C=O) groups excluding carboxylic acids is 1. The highest BCUT2D eigenvalue weighted by Crippen LogP contribution is 2.29. The van der Waals surface area contributed by atoms with Crippen LogP contribution in [0.15, 0.2) is 18.2 Å². The zero-order valence-corrected chi connectivity index (χ0v) is 11.1. The molecule has 3 N–H and O–H groups in total. The van der Waals surface area contributed by atoms with E-state index in [2.05, 4.69) is 5.32 Å². The fraction of sp³-hybridized carbons (Fsp3) is 0.385. The van der Waals surface area contributed by atoms with Crippen LogP contribution in [-0.2, 0) is 4.79 Å². The standard InChI is InChI=1S/C13H17NO5/c1-4-13(2,12(17)18)14-11(16)8-6-5-7-9(19-3)10(8)15/h5-7,15H,4H2,1-3H3,(H,14,16)(H,17,18). The van der Waals surface area contributed by atoms with Crippen LogP contribution >= 0.6 is 0 Å². The fourth-order valence-corrected chi connectivity index (χ4v) is 1.48. The summed E-state index contributed by atoms with van der Waals surface area (Å²) in [5, 5.41) is 21.3. The van der Waals surface area contributed by atoms with Gasteiger partial charge in [-0.1, -0.05) is 13.0 Å². The van der Waals surface area contributed by atoms with Gasteiger partial charge in [0.2, 0.25) is 0 Å². The molecular formula is C13H17NO5. The highest BCUT2D eigenvalue weighted by atomic mass is 16.5. The van der Waals surface area contributed by atoms with Crippen LogP contribution in [0.25, 0.3) is 0 Å². The molecule has 0 radical (unpaired) electrons. The van der Waals surface area contributed by atoms with Crippen LogP contribution in [0.1, 0.15) is 30.6 Å². The molecule has 6 nitrogen and oxygen atoms in total. The number of phenolic OH excluding ortho intramolecular Hbond substituents is 1. The number of carboxylic acids is 1. The lowest BCUT2D eigenvalue weighted by molar-refractivity contribution is -0.143. The SMILES string of the molecule is CCC(C)(NC(=O)c1cccc(OC)c1O)C(=O)O. The van der Waals surface area contributed by atoms with Gasteiger partial charge in [-0.15, -0.1) is 0 Å². The lowest BCUT2D eigenvalue weighted by Crippen LogP contribution is -2.51. The summed E-state index contributed by atoms with van der Waals surface area (Å²) in [5.74, 6) is -1.96. The van der Waals surface area contributed by atoms with Crippen molar-refractivity contribution in [1.29, 1.82) is 0 Å². The third-order valence-corrected chi connectivity index (χ3v) is 3.03. The van der Waals surface area contributed by atoms with Gasteiger partial charge in [0.05, 0.1) is 12.7 Å². The van der Waals surface area contributed by atoms with Gasteiger partial charge in [0.25, 0.3) is 5.91 Å². The van der Waals surface area contributed by atoms with Crippen LogP contribution in [-0.4, -0.2) is 34.7 Å². The van der Waals surface area contributed by atoms with Crippen LogP contribution in [0.2, 0.25) is 0 Å². The van der Waals surface area contributed by atoms with Crippen LogP contribution in [0.4, 0.5) is 0 Å². The molecule has 0 heterocycles. The number of phenols is 1. The summed E-state index contributed by atoms with van der Waals surface area (Å²) in [6.45, 7) is 3.06. The molecule has 0 bridgehead atoms. The Morgan fingerprint density at radius 2 is 2.05 bits per heavy atom. The van der Waals surface area contributed by atoms with Crippen molar-refractivity contribution in [3.05, 3.63) is 23.8 Å². The third kappa shape index (κ3) is 2.96. The van der Waals surface area contributed by atoms with E-state index in [0.717, 1.165) is 0 Å². The molecule has 104 valence electrons. The molecule has 0 aliphatic carbocycles. The maximum atomic E-state index is 12.0. The highest BCUT2D eigenvalue weighted by molar-refractivity contribution is 6.00. The predicted molar refractivity (Wildman–Crippen MR) is 68.5 cm³/mol. The summed E-state index contributed by atoms with van der Waals surface area (Å²) in [6, 6.07) is 4.44. The molecule has 1 aromatic carbocycles. The van der Waals surface area contributed by atoms with Crippen LogP contribution in [0, 0.1) is 0 Å². The molecule has 6 heteroatoms. The number of amides is 1. The van der Waals surface area contributed by atoms with Crippen molar-refractivity contribution in [3.8, 4) is 11.5 Å². The van der Waals surface area contributed by atoms with Gasteiger partial charge >= 0.3 is 5.97 Å². The van der Waals surface area contributed by atoms with Crippen LogP contribution < -0.4 is 10.1 Å². The number of hydrogen-bond donors (Lipinski definition) is 3. The lowest BCUT2D eigenvalue weighted by Gasteiger charge is -2.24. The van der Waals surface area contributed by atoms with Crippen molar-refractivity contribution in [2.75, 3.05) is 7.11 Å². The average Bonchev–Trinajstić information content (AvgIpc) is 2.38. The Kier molecular flexibility index (Phi) is 4.37. The quantitative estimate of drug-likeness (QED) is 0.749. The highest BCUT2D eigenvalue weighted by Gasteiger charge is 2.33. The van der Waals surface area contributed by atoms with E-state index < -0.39 is 17.4 Å². The number of aliphatic carboxylic acids is 1. The smallest absolute Gasteiger partial charge is 0.329 e. The van der Waals surface area contributed by atoms with Crippen molar-refractivity contribution in [2.24, 2.45) is 0 Å². The number of nitrogens with one attached hydrogen (secondary N) is 1. The molecule has 0 spiro atoms. The summed E-state index contributed by atoms with van der Waals surface area (Å²) in [4.78, 5) is 23.1. The van der Waals surface area contributed by atoms with Gasteiger partial charge in [0, 0.05) is 0 Å². The minimum Gasteiger partial charge on any atom is -0.504 e. The first kappa shape index (κ1) is 14.8. The Balaban J connectivity index is 3.05. The van der Waals surface area contributed by atoms with E-state index in [4.69, 9.17) is 9.84 Å². The van der Waals surface area contributed by atoms with Gasteiger partial charge in [0.15, 0.2) is 11.5 Å². The summed E-state index contributed by atoms with van der Waals surface area (Å²) in [5.41, 5.74) is -1.41. The minimum atomic E-state index is -1.38. The number of hydrogen-bond acceptors (Lipinski definition) is 4.